The molecule has 2 aromatic rings. The van der Waals surface area contributed by atoms with Gasteiger partial charge in [0.25, 0.3) is 5.69 Å². The molecule has 0 amide bonds. The number of pyridine rings is 1. The molecule has 7 nitrogen and oxygen atoms in total. The predicted molar refractivity (Wildman–Crippen MR) is 78.4 cm³/mol. The van der Waals surface area contributed by atoms with Crippen LogP contribution in [0.2, 0.25) is 5.02 Å². The first-order chi connectivity index (χ1) is 9.77. The second-order valence-corrected chi connectivity index (χ2v) is 5.91. The summed E-state index contributed by atoms with van der Waals surface area (Å²) in [5.74, 6) is 1.62. The third-order valence-electron chi connectivity index (χ3n) is 2.74. The molecule has 0 aliphatic rings. The van der Waals surface area contributed by atoms with Gasteiger partial charge >= 0.3 is 0 Å². The molecular weight excluding hydrogens is 296 g/mol. The topological polar surface area (TPSA) is 94.1 Å². The second-order valence-electron chi connectivity index (χ2n) is 5.50. The van der Waals surface area contributed by atoms with Crippen molar-refractivity contribution < 1.29 is 9.34 Å². The number of nitrogens with zero attached hydrogens (tertiary/aromatic N) is 3. The van der Waals surface area contributed by atoms with Crippen LogP contribution < -0.4 is 5.32 Å². The average Bonchev–Trinajstić information content (AvgIpc) is 2.85. The zero-order chi connectivity index (χ0) is 15.6. The van der Waals surface area contributed by atoms with Crippen molar-refractivity contribution in [2.24, 2.45) is 0 Å². The molecule has 0 aromatic carbocycles. The summed E-state index contributed by atoms with van der Waals surface area (Å²) in [6, 6.07) is 1.24. The molecule has 0 fully saturated rings. The Labute approximate surface area is 126 Å². The summed E-state index contributed by atoms with van der Waals surface area (Å²) in [5, 5.41) is 13.7. The largest absolute Gasteiger partial charge is 0.443 e. The summed E-state index contributed by atoms with van der Waals surface area (Å²) in [6.45, 7) is 6.37. The fourth-order valence-electron chi connectivity index (χ4n) is 1.56. The number of halogens is 1. The van der Waals surface area contributed by atoms with Gasteiger partial charge in [0.05, 0.1) is 22.7 Å². The highest BCUT2D eigenvalue weighted by molar-refractivity contribution is 6.33. The Hall–Kier alpha value is -2.15. The lowest BCUT2D eigenvalue weighted by molar-refractivity contribution is -0.385. The molecule has 0 saturated carbocycles. The van der Waals surface area contributed by atoms with Gasteiger partial charge < -0.3 is 9.73 Å². The average molecular weight is 311 g/mol. The minimum atomic E-state index is -0.549. The van der Waals surface area contributed by atoms with Crippen LogP contribution in [0.4, 0.5) is 11.5 Å². The Morgan fingerprint density at radius 3 is 2.62 bits per heavy atom. The van der Waals surface area contributed by atoms with E-state index in [0.717, 1.165) is 12.0 Å². The van der Waals surface area contributed by atoms with Crippen LogP contribution in [-0.2, 0) is 12.0 Å². The van der Waals surface area contributed by atoms with Gasteiger partial charge in [-0.2, -0.15) is 0 Å². The van der Waals surface area contributed by atoms with Crippen molar-refractivity contribution >= 4 is 23.1 Å². The molecule has 0 atom stereocenters. The first-order valence-electron chi connectivity index (χ1n) is 6.26. The zero-order valence-electron chi connectivity index (χ0n) is 11.9. The number of nitro groups is 1. The summed E-state index contributed by atoms with van der Waals surface area (Å²) in [4.78, 5) is 18.1. The molecule has 0 aliphatic heterocycles. The zero-order valence-corrected chi connectivity index (χ0v) is 12.6. The number of anilines is 1. The summed E-state index contributed by atoms with van der Waals surface area (Å²) >= 11 is 5.94. The third-order valence-corrected chi connectivity index (χ3v) is 3.03. The van der Waals surface area contributed by atoms with Gasteiger partial charge in [-0.15, -0.1) is 0 Å². The Morgan fingerprint density at radius 2 is 2.10 bits per heavy atom. The fourth-order valence-corrected chi connectivity index (χ4v) is 1.78. The normalized spacial score (nSPS) is 11.4. The quantitative estimate of drug-likeness (QED) is 0.685. The Morgan fingerprint density at radius 1 is 1.38 bits per heavy atom. The van der Waals surface area contributed by atoms with Crippen molar-refractivity contribution in [3.63, 3.8) is 0 Å². The molecule has 2 heterocycles. The Bertz CT molecular complexity index is 664. The molecule has 0 saturated heterocycles. The van der Waals surface area contributed by atoms with Crippen LogP contribution in [0.3, 0.4) is 0 Å². The molecule has 0 unspecified atom stereocenters. The fraction of sp³-hybridized carbons (Fsp3) is 0.385. The monoisotopic (exact) mass is 310 g/mol. The van der Waals surface area contributed by atoms with Crippen molar-refractivity contribution in [3.8, 4) is 0 Å². The highest BCUT2D eigenvalue weighted by atomic mass is 35.5. The number of rotatable bonds is 4. The van der Waals surface area contributed by atoms with E-state index in [4.69, 9.17) is 16.0 Å². The van der Waals surface area contributed by atoms with E-state index in [1.807, 2.05) is 20.8 Å². The third kappa shape index (κ3) is 3.69. The van der Waals surface area contributed by atoms with Crippen LogP contribution >= 0.6 is 11.6 Å². The lowest BCUT2D eigenvalue weighted by Crippen LogP contribution is -2.09. The van der Waals surface area contributed by atoms with Crippen LogP contribution in [0.5, 0.6) is 0 Å². The van der Waals surface area contributed by atoms with E-state index >= 15 is 0 Å². The smallest absolute Gasteiger partial charge is 0.289 e. The number of aromatic nitrogens is 2. The summed E-state index contributed by atoms with van der Waals surface area (Å²) in [6.07, 6.45) is 2.83. The number of hydrogen-bond acceptors (Lipinski definition) is 6. The maximum Gasteiger partial charge on any atom is 0.289 e. The minimum absolute atomic E-state index is 0.117. The van der Waals surface area contributed by atoms with Crippen LogP contribution in [-0.4, -0.2) is 14.9 Å². The van der Waals surface area contributed by atoms with Gasteiger partial charge in [-0.3, -0.25) is 10.1 Å². The van der Waals surface area contributed by atoms with Crippen molar-refractivity contribution in [2.45, 2.75) is 32.7 Å². The first-order valence-corrected chi connectivity index (χ1v) is 6.64. The molecule has 0 spiro atoms. The predicted octanol–water partition coefficient (Wildman–Crippen LogP) is 3.54. The van der Waals surface area contributed by atoms with Gasteiger partial charge in [0.15, 0.2) is 0 Å². The van der Waals surface area contributed by atoms with Crippen LogP contribution in [0.15, 0.2) is 22.9 Å². The van der Waals surface area contributed by atoms with Gasteiger partial charge in [-0.05, 0) is 0 Å². The molecule has 8 heteroatoms. The van der Waals surface area contributed by atoms with E-state index < -0.39 is 4.92 Å². The van der Waals surface area contributed by atoms with Gasteiger partial charge in [0.1, 0.15) is 17.8 Å². The maximum atomic E-state index is 10.6. The number of nitrogens with one attached hydrogen (secondary N) is 1. The van der Waals surface area contributed by atoms with E-state index in [9.17, 15) is 10.1 Å². The number of hydrogen-bond donors (Lipinski definition) is 1. The van der Waals surface area contributed by atoms with Crippen molar-refractivity contribution in [3.05, 3.63) is 45.2 Å². The molecule has 0 bridgehead atoms. The summed E-state index contributed by atoms with van der Waals surface area (Å²) < 4.78 is 5.62. The van der Waals surface area contributed by atoms with Crippen LogP contribution in [0.25, 0.3) is 0 Å². The van der Waals surface area contributed by atoms with Crippen molar-refractivity contribution in [2.75, 3.05) is 5.32 Å². The summed E-state index contributed by atoms with van der Waals surface area (Å²) in [5.41, 5.74) is -0.272. The molecule has 21 heavy (non-hydrogen) atoms. The molecule has 0 aliphatic carbocycles. The molecule has 112 valence electrons. The molecular formula is C13H15ClN4O3. The van der Waals surface area contributed by atoms with Gasteiger partial charge in [0.2, 0.25) is 5.89 Å². The van der Waals surface area contributed by atoms with E-state index in [-0.39, 0.29) is 16.1 Å². The minimum Gasteiger partial charge on any atom is -0.443 e. The van der Waals surface area contributed by atoms with Crippen molar-refractivity contribution in [1.82, 2.24) is 9.97 Å². The molecule has 2 rings (SSSR count). The maximum absolute atomic E-state index is 10.6. The van der Waals surface area contributed by atoms with Crippen LogP contribution in [0, 0.1) is 10.1 Å². The second kappa shape index (κ2) is 5.69. The SMILES string of the molecule is CC(C)(C)c1cnc(CNc2ncc([N+](=O)[O-])cc2Cl)o1. The molecule has 2 aromatic heterocycles. The van der Waals surface area contributed by atoms with Gasteiger partial charge in [0, 0.05) is 11.5 Å². The standard InChI is InChI=1S/C13H15ClN4O3/c1-13(2,3)10-6-15-11(21-10)7-17-12-9(14)4-8(5-16-12)18(19)20/h4-6H,7H2,1-3H3,(H,16,17). The highest BCUT2D eigenvalue weighted by Gasteiger charge is 2.19. The molecule has 1 N–H and O–H groups in total. The van der Waals surface area contributed by atoms with Crippen LogP contribution in [0.1, 0.15) is 32.4 Å². The Kier molecular flexibility index (Phi) is 4.13. The van der Waals surface area contributed by atoms with Gasteiger partial charge in [-0.1, -0.05) is 32.4 Å². The van der Waals surface area contributed by atoms with Crippen molar-refractivity contribution in [1.29, 1.82) is 0 Å². The van der Waals surface area contributed by atoms with E-state index in [2.05, 4.69) is 15.3 Å². The molecule has 0 radical (unpaired) electrons. The van der Waals surface area contributed by atoms with Gasteiger partial charge in [-0.25, -0.2) is 9.97 Å². The lowest BCUT2D eigenvalue weighted by atomic mass is 9.94. The number of oxazole rings is 1. The lowest BCUT2D eigenvalue weighted by Gasteiger charge is -2.13. The van der Waals surface area contributed by atoms with E-state index in [1.54, 1.807) is 6.20 Å². The van der Waals surface area contributed by atoms with E-state index in [0.29, 0.717) is 18.3 Å². The first kappa shape index (κ1) is 15.2. The Balaban J connectivity index is 2.06. The summed E-state index contributed by atoms with van der Waals surface area (Å²) in [7, 11) is 0. The van der Waals surface area contributed by atoms with E-state index in [1.165, 1.54) is 6.07 Å². The highest BCUT2D eigenvalue weighted by Crippen LogP contribution is 2.25.